The molecule has 2 aromatic rings. The third-order valence-corrected chi connectivity index (χ3v) is 2.26. The van der Waals surface area contributed by atoms with Crippen molar-refractivity contribution in [3.05, 3.63) is 40.3 Å². The summed E-state index contributed by atoms with van der Waals surface area (Å²) in [7, 11) is 0. The Morgan fingerprint density at radius 2 is 2.00 bits per heavy atom. The zero-order chi connectivity index (χ0) is 10.1. The van der Waals surface area contributed by atoms with E-state index >= 15 is 0 Å². The second-order valence-electron chi connectivity index (χ2n) is 2.89. The van der Waals surface area contributed by atoms with Gasteiger partial charge in [-0.3, -0.25) is 0 Å². The second kappa shape index (κ2) is 3.27. The van der Waals surface area contributed by atoms with Gasteiger partial charge in [-0.15, -0.1) is 4.91 Å². The highest BCUT2D eigenvalue weighted by Crippen LogP contribution is 2.35. The van der Waals surface area contributed by atoms with Crippen LogP contribution in [-0.2, 0) is 0 Å². The van der Waals surface area contributed by atoms with Crippen LogP contribution in [0.2, 0.25) is 5.02 Å². The van der Waals surface area contributed by atoms with Crippen molar-refractivity contribution in [2.45, 2.75) is 0 Å². The monoisotopic (exact) mass is 207 g/mol. The van der Waals surface area contributed by atoms with Gasteiger partial charge in [-0.1, -0.05) is 23.7 Å². The van der Waals surface area contributed by atoms with Crippen molar-refractivity contribution in [3.8, 4) is 5.75 Å². The molecule has 4 heteroatoms. The number of nitroso groups, excluding NO2 is 1. The van der Waals surface area contributed by atoms with E-state index in [-0.39, 0.29) is 11.4 Å². The van der Waals surface area contributed by atoms with Crippen LogP contribution in [0.15, 0.2) is 35.5 Å². The minimum absolute atomic E-state index is 0.0548. The third-order valence-electron chi connectivity index (χ3n) is 2.02. The molecule has 1 N–H and O–H groups in total. The average Bonchev–Trinajstić information content (AvgIpc) is 2.18. The molecule has 0 aliphatic carbocycles. The van der Waals surface area contributed by atoms with Gasteiger partial charge in [-0.25, -0.2) is 0 Å². The van der Waals surface area contributed by atoms with Gasteiger partial charge in [0.2, 0.25) is 0 Å². The van der Waals surface area contributed by atoms with Crippen LogP contribution in [0.1, 0.15) is 0 Å². The van der Waals surface area contributed by atoms with E-state index in [9.17, 15) is 10.0 Å². The number of phenolic OH excluding ortho intramolecular Hbond substituents is 1. The van der Waals surface area contributed by atoms with Crippen molar-refractivity contribution in [2.75, 3.05) is 0 Å². The van der Waals surface area contributed by atoms with Gasteiger partial charge >= 0.3 is 0 Å². The molecule has 0 spiro atoms. The van der Waals surface area contributed by atoms with E-state index in [1.54, 1.807) is 24.3 Å². The van der Waals surface area contributed by atoms with Crippen molar-refractivity contribution < 1.29 is 5.11 Å². The van der Waals surface area contributed by atoms with Crippen LogP contribution >= 0.6 is 11.6 Å². The van der Waals surface area contributed by atoms with Gasteiger partial charge in [0, 0.05) is 10.4 Å². The van der Waals surface area contributed by atoms with E-state index in [1.165, 1.54) is 6.07 Å². The number of halogens is 1. The first-order chi connectivity index (χ1) is 6.72. The molecule has 0 radical (unpaired) electrons. The summed E-state index contributed by atoms with van der Waals surface area (Å²) in [5, 5.41) is 14.1. The van der Waals surface area contributed by atoms with Gasteiger partial charge in [-0.2, -0.15) is 0 Å². The van der Waals surface area contributed by atoms with Crippen LogP contribution in [0.3, 0.4) is 0 Å². The highest BCUT2D eigenvalue weighted by molar-refractivity contribution is 6.31. The fraction of sp³-hybridized carbons (Fsp3) is 0. The quantitative estimate of drug-likeness (QED) is 0.727. The molecule has 14 heavy (non-hydrogen) atoms. The minimum Gasteiger partial charge on any atom is -0.506 e. The average molecular weight is 208 g/mol. The second-order valence-corrected chi connectivity index (χ2v) is 3.33. The van der Waals surface area contributed by atoms with Crippen LogP contribution in [0.4, 0.5) is 5.69 Å². The Bertz CT molecular complexity index is 511. The van der Waals surface area contributed by atoms with Crippen molar-refractivity contribution in [1.82, 2.24) is 0 Å². The number of nitrogens with zero attached hydrogens (tertiary/aromatic N) is 1. The summed E-state index contributed by atoms with van der Waals surface area (Å²) in [5.41, 5.74) is 0.0548. The maximum absolute atomic E-state index is 10.5. The molecule has 0 amide bonds. The maximum Gasteiger partial charge on any atom is 0.157 e. The molecule has 0 atom stereocenters. The Labute approximate surface area is 84.9 Å². The number of phenols is 1. The molecule has 0 saturated heterocycles. The van der Waals surface area contributed by atoms with Gasteiger partial charge in [0.1, 0.15) is 5.75 Å². The van der Waals surface area contributed by atoms with Crippen molar-refractivity contribution in [1.29, 1.82) is 0 Å². The van der Waals surface area contributed by atoms with Crippen molar-refractivity contribution in [2.24, 2.45) is 5.18 Å². The van der Waals surface area contributed by atoms with E-state index in [0.717, 1.165) is 5.39 Å². The van der Waals surface area contributed by atoms with Crippen molar-refractivity contribution in [3.63, 3.8) is 0 Å². The van der Waals surface area contributed by atoms with Gasteiger partial charge in [0.05, 0.1) is 0 Å². The third kappa shape index (κ3) is 1.32. The lowest BCUT2D eigenvalue weighted by Crippen LogP contribution is -1.75. The Hall–Kier alpha value is -1.61. The van der Waals surface area contributed by atoms with Gasteiger partial charge in [0.15, 0.2) is 5.69 Å². The molecule has 2 rings (SSSR count). The van der Waals surface area contributed by atoms with E-state index in [0.29, 0.717) is 10.4 Å². The fourth-order valence-corrected chi connectivity index (χ4v) is 1.55. The van der Waals surface area contributed by atoms with Gasteiger partial charge < -0.3 is 5.11 Å². The zero-order valence-corrected chi connectivity index (χ0v) is 7.82. The molecule has 0 heterocycles. The summed E-state index contributed by atoms with van der Waals surface area (Å²) < 4.78 is 0. The highest BCUT2D eigenvalue weighted by atomic mass is 35.5. The van der Waals surface area contributed by atoms with E-state index in [1.807, 2.05) is 0 Å². The van der Waals surface area contributed by atoms with Crippen LogP contribution in [0.5, 0.6) is 5.75 Å². The molecule has 0 fully saturated rings. The predicted octanol–water partition coefficient (Wildman–Crippen LogP) is 3.60. The zero-order valence-electron chi connectivity index (χ0n) is 7.07. The lowest BCUT2D eigenvalue weighted by atomic mass is 10.1. The molecule has 0 aromatic heterocycles. The maximum atomic E-state index is 10.5. The number of fused-ring (bicyclic) bond motifs is 1. The first kappa shape index (κ1) is 8.97. The molecular formula is C10H6ClNO2. The number of aromatic hydroxyl groups is 1. The summed E-state index contributed by atoms with van der Waals surface area (Å²) in [5.74, 6) is -0.116. The summed E-state index contributed by atoms with van der Waals surface area (Å²) in [6.45, 7) is 0. The summed E-state index contributed by atoms with van der Waals surface area (Å²) >= 11 is 5.78. The first-order valence-electron chi connectivity index (χ1n) is 3.97. The summed E-state index contributed by atoms with van der Waals surface area (Å²) in [4.78, 5) is 10.5. The Kier molecular flexibility index (Phi) is 2.09. The fourth-order valence-electron chi connectivity index (χ4n) is 1.37. The van der Waals surface area contributed by atoms with Crippen LogP contribution in [-0.4, -0.2) is 5.11 Å². The van der Waals surface area contributed by atoms with E-state index < -0.39 is 0 Å². The molecular weight excluding hydrogens is 202 g/mol. The molecule has 0 unspecified atom stereocenters. The Morgan fingerprint density at radius 1 is 1.21 bits per heavy atom. The molecule has 0 saturated carbocycles. The lowest BCUT2D eigenvalue weighted by Gasteiger charge is -2.02. The molecule has 70 valence electrons. The molecule has 3 nitrogen and oxygen atoms in total. The number of hydrogen-bond acceptors (Lipinski definition) is 3. The van der Waals surface area contributed by atoms with E-state index in [2.05, 4.69) is 5.18 Å². The van der Waals surface area contributed by atoms with Gasteiger partial charge in [-0.05, 0) is 28.8 Å². The lowest BCUT2D eigenvalue weighted by molar-refractivity contribution is 0.477. The molecule has 0 bridgehead atoms. The minimum atomic E-state index is -0.116. The predicted molar refractivity (Wildman–Crippen MR) is 56.1 cm³/mol. The summed E-state index contributed by atoms with van der Waals surface area (Å²) in [6, 6.07) is 8.14. The molecule has 2 aromatic carbocycles. The van der Waals surface area contributed by atoms with Crippen molar-refractivity contribution >= 4 is 28.1 Å². The topological polar surface area (TPSA) is 49.7 Å². The van der Waals surface area contributed by atoms with Gasteiger partial charge in [0.25, 0.3) is 0 Å². The summed E-state index contributed by atoms with van der Waals surface area (Å²) in [6.07, 6.45) is 0. The Balaban J connectivity index is 2.88. The van der Waals surface area contributed by atoms with Crippen LogP contribution < -0.4 is 0 Å². The van der Waals surface area contributed by atoms with Crippen LogP contribution in [0.25, 0.3) is 10.8 Å². The smallest absolute Gasteiger partial charge is 0.157 e. The number of benzene rings is 2. The number of hydrogen-bond donors (Lipinski definition) is 1. The van der Waals surface area contributed by atoms with E-state index in [4.69, 9.17) is 11.6 Å². The first-order valence-corrected chi connectivity index (χ1v) is 4.35. The number of rotatable bonds is 1. The standard InChI is InChI=1S/C10H6ClNO2/c11-7-2-3-8-6(5-7)1-4-9(13)10(8)12-14/h1-5,13H. The normalized spacial score (nSPS) is 10.4. The molecule has 0 aliphatic rings. The largest absolute Gasteiger partial charge is 0.506 e. The Morgan fingerprint density at radius 3 is 2.71 bits per heavy atom. The van der Waals surface area contributed by atoms with Crippen LogP contribution in [0, 0.1) is 4.91 Å². The SMILES string of the molecule is O=Nc1c(O)ccc2cc(Cl)ccc12. The highest BCUT2D eigenvalue weighted by Gasteiger charge is 2.06. The molecule has 0 aliphatic heterocycles.